The number of benzene rings is 1. The molecule has 3 rings (SSSR count). The SMILES string of the molecule is CCCn1c(SCc2cccc(F)c2)nnc1-c1csc(C(C)C)c1. The minimum absolute atomic E-state index is 0.201. The molecule has 2 heterocycles. The van der Waals surface area contributed by atoms with E-state index in [1.54, 1.807) is 35.2 Å². The molecule has 2 aromatic heterocycles. The maximum absolute atomic E-state index is 13.3. The molecule has 0 unspecified atom stereocenters. The number of hydrogen-bond acceptors (Lipinski definition) is 4. The fourth-order valence-corrected chi connectivity index (χ4v) is 4.39. The summed E-state index contributed by atoms with van der Waals surface area (Å²) in [7, 11) is 0. The van der Waals surface area contributed by atoms with Crippen molar-refractivity contribution in [2.75, 3.05) is 0 Å². The van der Waals surface area contributed by atoms with Crippen molar-refractivity contribution in [3.63, 3.8) is 0 Å². The first-order valence-corrected chi connectivity index (χ1v) is 10.3. The van der Waals surface area contributed by atoms with E-state index in [0.717, 1.165) is 35.1 Å². The van der Waals surface area contributed by atoms with Gasteiger partial charge in [0.25, 0.3) is 0 Å². The van der Waals surface area contributed by atoms with Crippen LogP contribution in [0.4, 0.5) is 4.39 Å². The van der Waals surface area contributed by atoms with Gasteiger partial charge in [0.1, 0.15) is 5.82 Å². The normalized spacial score (nSPS) is 11.4. The van der Waals surface area contributed by atoms with Gasteiger partial charge < -0.3 is 4.57 Å². The van der Waals surface area contributed by atoms with Gasteiger partial charge in [0.05, 0.1) is 0 Å². The average molecular weight is 376 g/mol. The quantitative estimate of drug-likeness (QED) is 0.477. The molecule has 0 N–H and O–H groups in total. The minimum Gasteiger partial charge on any atom is -0.302 e. The number of aromatic nitrogens is 3. The van der Waals surface area contributed by atoms with Crippen LogP contribution in [-0.2, 0) is 12.3 Å². The van der Waals surface area contributed by atoms with E-state index in [4.69, 9.17) is 0 Å². The Morgan fingerprint density at radius 3 is 2.76 bits per heavy atom. The number of thiophene rings is 1. The van der Waals surface area contributed by atoms with E-state index in [1.807, 2.05) is 6.07 Å². The Bertz CT molecular complexity index is 839. The van der Waals surface area contributed by atoms with Crippen LogP contribution in [0.2, 0.25) is 0 Å². The van der Waals surface area contributed by atoms with Crippen molar-refractivity contribution in [2.24, 2.45) is 0 Å². The monoisotopic (exact) mass is 375 g/mol. The summed E-state index contributed by atoms with van der Waals surface area (Å²) < 4.78 is 15.5. The van der Waals surface area contributed by atoms with Crippen LogP contribution in [-0.4, -0.2) is 14.8 Å². The molecule has 0 aliphatic heterocycles. The number of thioether (sulfide) groups is 1. The standard InChI is InChI=1S/C19H22FN3S2/c1-4-8-23-18(15-10-17(13(2)3)24-12-15)21-22-19(23)25-11-14-6-5-7-16(20)9-14/h5-7,9-10,12-13H,4,8,11H2,1-3H3. The van der Waals surface area contributed by atoms with Crippen LogP contribution in [0.15, 0.2) is 40.9 Å². The van der Waals surface area contributed by atoms with Crippen LogP contribution < -0.4 is 0 Å². The van der Waals surface area contributed by atoms with Crippen molar-refractivity contribution in [1.82, 2.24) is 14.8 Å². The molecule has 25 heavy (non-hydrogen) atoms. The van der Waals surface area contributed by atoms with Gasteiger partial charge in [-0.15, -0.1) is 21.5 Å². The van der Waals surface area contributed by atoms with Gasteiger partial charge in [-0.05, 0) is 36.1 Å². The molecule has 132 valence electrons. The van der Waals surface area contributed by atoms with Crippen LogP contribution in [0, 0.1) is 5.82 Å². The van der Waals surface area contributed by atoms with Crippen molar-refractivity contribution < 1.29 is 4.39 Å². The Morgan fingerprint density at radius 1 is 1.24 bits per heavy atom. The molecule has 3 aromatic rings. The first-order valence-electron chi connectivity index (χ1n) is 8.47. The zero-order valence-corrected chi connectivity index (χ0v) is 16.3. The fraction of sp³-hybridized carbons (Fsp3) is 0.368. The van der Waals surface area contributed by atoms with E-state index in [-0.39, 0.29) is 5.82 Å². The van der Waals surface area contributed by atoms with Crippen molar-refractivity contribution in [1.29, 1.82) is 0 Å². The van der Waals surface area contributed by atoms with Crippen LogP contribution in [0.25, 0.3) is 11.4 Å². The Balaban J connectivity index is 1.83. The molecule has 0 radical (unpaired) electrons. The van der Waals surface area contributed by atoms with E-state index in [0.29, 0.717) is 11.7 Å². The predicted molar refractivity (Wildman–Crippen MR) is 104 cm³/mol. The number of halogens is 1. The number of nitrogens with zero attached hydrogens (tertiary/aromatic N) is 3. The maximum atomic E-state index is 13.3. The number of hydrogen-bond donors (Lipinski definition) is 0. The second-order valence-corrected chi connectivity index (χ2v) is 8.15. The Kier molecular flexibility index (Phi) is 5.91. The molecule has 0 aliphatic carbocycles. The second kappa shape index (κ2) is 8.15. The maximum Gasteiger partial charge on any atom is 0.191 e. The lowest BCUT2D eigenvalue weighted by Crippen LogP contribution is -2.01. The second-order valence-electron chi connectivity index (χ2n) is 6.27. The molecule has 0 bridgehead atoms. The van der Waals surface area contributed by atoms with Gasteiger partial charge in [-0.3, -0.25) is 0 Å². The molecule has 0 aliphatic rings. The summed E-state index contributed by atoms with van der Waals surface area (Å²) in [6.07, 6.45) is 1.01. The first kappa shape index (κ1) is 18.1. The summed E-state index contributed by atoms with van der Waals surface area (Å²) >= 11 is 3.37. The van der Waals surface area contributed by atoms with Crippen LogP contribution in [0.1, 0.15) is 43.6 Å². The third-order valence-corrected chi connectivity index (χ3v) is 6.14. The van der Waals surface area contributed by atoms with Crippen molar-refractivity contribution in [3.8, 4) is 11.4 Å². The van der Waals surface area contributed by atoms with Gasteiger partial charge in [-0.2, -0.15) is 0 Å². The summed E-state index contributed by atoms with van der Waals surface area (Å²) in [6.45, 7) is 7.43. The summed E-state index contributed by atoms with van der Waals surface area (Å²) in [6, 6.07) is 8.93. The van der Waals surface area contributed by atoms with Crippen molar-refractivity contribution in [3.05, 3.63) is 52.0 Å². The highest BCUT2D eigenvalue weighted by atomic mass is 32.2. The van der Waals surface area contributed by atoms with Gasteiger partial charge in [-0.1, -0.05) is 44.7 Å². The minimum atomic E-state index is -0.201. The van der Waals surface area contributed by atoms with Crippen LogP contribution >= 0.6 is 23.1 Å². The summed E-state index contributed by atoms with van der Waals surface area (Å²) in [5.41, 5.74) is 2.09. The summed E-state index contributed by atoms with van der Waals surface area (Å²) in [5, 5.41) is 11.9. The Labute approximate surface area is 156 Å². The zero-order valence-electron chi connectivity index (χ0n) is 14.7. The molecule has 0 atom stereocenters. The van der Waals surface area contributed by atoms with E-state index in [9.17, 15) is 4.39 Å². The van der Waals surface area contributed by atoms with Gasteiger partial charge in [0, 0.05) is 28.1 Å². The largest absolute Gasteiger partial charge is 0.302 e. The highest BCUT2D eigenvalue weighted by molar-refractivity contribution is 7.98. The van der Waals surface area contributed by atoms with Gasteiger partial charge >= 0.3 is 0 Å². The summed E-state index contributed by atoms with van der Waals surface area (Å²) in [5.74, 6) is 1.92. The third-order valence-electron chi connectivity index (χ3n) is 3.87. The van der Waals surface area contributed by atoms with Crippen LogP contribution in [0.3, 0.4) is 0 Å². The highest BCUT2D eigenvalue weighted by Crippen LogP contribution is 2.32. The van der Waals surface area contributed by atoms with Gasteiger partial charge in [0.15, 0.2) is 11.0 Å². The molecule has 0 spiro atoms. The average Bonchev–Trinajstić information content (AvgIpc) is 3.20. The molecular weight excluding hydrogens is 353 g/mol. The topological polar surface area (TPSA) is 30.7 Å². The predicted octanol–water partition coefficient (Wildman–Crippen LogP) is 5.97. The Morgan fingerprint density at radius 2 is 2.08 bits per heavy atom. The number of rotatable bonds is 7. The highest BCUT2D eigenvalue weighted by Gasteiger charge is 2.16. The molecule has 0 saturated carbocycles. The van der Waals surface area contributed by atoms with Crippen LogP contribution in [0.5, 0.6) is 0 Å². The Hall–Kier alpha value is -1.66. The van der Waals surface area contributed by atoms with E-state index < -0.39 is 0 Å². The molecule has 3 nitrogen and oxygen atoms in total. The fourth-order valence-electron chi connectivity index (χ4n) is 2.58. The molecular formula is C19H22FN3S2. The molecule has 0 saturated heterocycles. The van der Waals surface area contributed by atoms with Gasteiger partial charge in [0.2, 0.25) is 0 Å². The first-order chi connectivity index (χ1) is 12.1. The van der Waals surface area contributed by atoms with Crippen molar-refractivity contribution in [2.45, 2.75) is 50.6 Å². The molecule has 1 aromatic carbocycles. The lowest BCUT2D eigenvalue weighted by molar-refractivity contribution is 0.624. The van der Waals surface area contributed by atoms with E-state index >= 15 is 0 Å². The smallest absolute Gasteiger partial charge is 0.191 e. The van der Waals surface area contributed by atoms with E-state index in [2.05, 4.69) is 47.0 Å². The van der Waals surface area contributed by atoms with Crippen molar-refractivity contribution >= 4 is 23.1 Å². The van der Waals surface area contributed by atoms with Gasteiger partial charge in [-0.25, -0.2) is 4.39 Å². The molecule has 6 heteroatoms. The third kappa shape index (κ3) is 4.30. The zero-order chi connectivity index (χ0) is 17.8. The molecule has 0 fully saturated rings. The van der Waals surface area contributed by atoms with E-state index in [1.165, 1.54) is 10.9 Å². The lowest BCUT2D eigenvalue weighted by atomic mass is 10.1. The molecule has 0 amide bonds. The lowest BCUT2D eigenvalue weighted by Gasteiger charge is -2.08. The summed E-state index contributed by atoms with van der Waals surface area (Å²) in [4.78, 5) is 1.36.